The van der Waals surface area contributed by atoms with E-state index < -0.39 is 0 Å². The molecule has 0 aliphatic rings. The lowest BCUT2D eigenvalue weighted by molar-refractivity contribution is 0.270. The number of nitrogens with zero attached hydrogens (tertiary/aromatic N) is 2. The summed E-state index contributed by atoms with van der Waals surface area (Å²) >= 11 is 5.91. The second-order valence-electron chi connectivity index (χ2n) is 4.80. The number of hydrogen-bond donors (Lipinski definition) is 2. The highest BCUT2D eigenvalue weighted by atomic mass is 35.5. The van der Waals surface area contributed by atoms with Gasteiger partial charge in [0.25, 0.3) is 0 Å². The Labute approximate surface area is 133 Å². The predicted octanol–water partition coefficient (Wildman–Crippen LogP) is 3.40. The van der Waals surface area contributed by atoms with E-state index in [4.69, 9.17) is 16.0 Å². The Bertz CT molecular complexity index is 720. The molecular weight excluding hydrogens is 302 g/mol. The third-order valence-electron chi connectivity index (χ3n) is 3.26. The first-order valence-corrected chi connectivity index (χ1v) is 7.35. The largest absolute Gasteiger partial charge is 0.467 e. The Morgan fingerprint density at radius 3 is 2.73 bits per heavy atom. The first kappa shape index (κ1) is 14.7. The highest BCUT2D eigenvalue weighted by Gasteiger charge is 2.10. The third kappa shape index (κ3) is 3.32. The molecular formula is C16H16ClN3O2. The molecule has 0 radical (unpaired) electrons. The summed E-state index contributed by atoms with van der Waals surface area (Å²) in [5.74, 6) is 1.67. The summed E-state index contributed by atoms with van der Waals surface area (Å²) in [5, 5.41) is 17.7. The van der Waals surface area contributed by atoms with Gasteiger partial charge < -0.3 is 14.8 Å². The van der Waals surface area contributed by atoms with Crippen LogP contribution in [0, 0.1) is 0 Å². The molecule has 6 heteroatoms. The molecule has 114 valence electrons. The Balaban J connectivity index is 1.83. The normalized spacial score (nSPS) is 10.8. The van der Waals surface area contributed by atoms with Crippen LogP contribution in [0.5, 0.6) is 0 Å². The zero-order valence-electron chi connectivity index (χ0n) is 11.9. The summed E-state index contributed by atoms with van der Waals surface area (Å²) in [7, 11) is 0. The van der Waals surface area contributed by atoms with E-state index in [-0.39, 0.29) is 6.61 Å². The second kappa shape index (κ2) is 6.68. The molecule has 2 aromatic heterocycles. The highest BCUT2D eigenvalue weighted by Crippen LogP contribution is 2.24. The monoisotopic (exact) mass is 317 g/mol. The van der Waals surface area contributed by atoms with Gasteiger partial charge in [0.05, 0.1) is 31.7 Å². The maximum Gasteiger partial charge on any atom is 0.125 e. The van der Waals surface area contributed by atoms with Crippen molar-refractivity contribution in [1.29, 1.82) is 0 Å². The Morgan fingerprint density at radius 1 is 1.23 bits per heavy atom. The zero-order chi connectivity index (χ0) is 15.4. The van der Waals surface area contributed by atoms with Crippen LogP contribution in [-0.2, 0) is 13.1 Å². The van der Waals surface area contributed by atoms with Gasteiger partial charge in [0.1, 0.15) is 11.6 Å². The molecule has 0 amide bonds. The van der Waals surface area contributed by atoms with E-state index in [0.29, 0.717) is 18.1 Å². The molecule has 3 aromatic rings. The summed E-state index contributed by atoms with van der Waals surface area (Å²) in [4.78, 5) is 0. The van der Waals surface area contributed by atoms with Crippen LogP contribution < -0.4 is 5.32 Å². The van der Waals surface area contributed by atoms with Crippen molar-refractivity contribution in [1.82, 2.24) is 9.78 Å². The molecule has 0 saturated carbocycles. The molecule has 3 rings (SSSR count). The number of hydrogen-bond acceptors (Lipinski definition) is 4. The van der Waals surface area contributed by atoms with E-state index in [9.17, 15) is 5.11 Å². The molecule has 0 spiro atoms. The van der Waals surface area contributed by atoms with Crippen LogP contribution in [0.15, 0.2) is 53.1 Å². The van der Waals surface area contributed by atoms with E-state index in [1.165, 1.54) is 0 Å². The molecule has 0 aliphatic heterocycles. The Morgan fingerprint density at radius 2 is 2.05 bits per heavy atom. The number of furan rings is 1. The molecule has 0 atom stereocenters. The Hall–Kier alpha value is -2.24. The lowest BCUT2D eigenvalue weighted by Crippen LogP contribution is -2.09. The van der Waals surface area contributed by atoms with Crippen molar-refractivity contribution in [2.45, 2.75) is 13.1 Å². The topological polar surface area (TPSA) is 63.2 Å². The minimum atomic E-state index is 0.0250. The van der Waals surface area contributed by atoms with Crippen molar-refractivity contribution in [3.63, 3.8) is 0 Å². The average Bonchev–Trinajstić information content (AvgIpc) is 3.16. The van der Waals surface area contributed by atoms with Crippen molar-refractivity contribution < 1.29 is 9.52 Å². The van der Waals surface area contributed by atoms with Crippen molar-refractivity contribution in [3.8, 4) is 11.3 Å². The molecule has 1 aromatic carbocycles. The van der Waals surface area contributed by atoms with Crippen molar-refractivity contribution in [2.75, 3.05) is 11.9 Å². The van der Waals surface area contributed by atoms with Crippen molar-refractivity contribution >= 4 is 17.4 Å². The number of aliphatic hydroxyl groups excluding tert-OH is 1. The predicted molar refractivity (Wildman–Crippen MR) is 85.8 cm³/mol. The van der Waals surface area contributed by atoms with Crippen LogP contribution in [0.4, 0.5) is 5.82 Å². The second-order valence-corrected chi connectivity index (χ2v) is 5.24. The van der Waals surface area contributed by atoms with Gasteiger partial charge in [-0.25, -0.2) is 4.68 Å². The average molecular weight is 318 g/mol. The minimum Gasteiger partial charge on any atom is -0.467 e. The van der Waals surface area contributed by atoms with Gasteiger partial charge >= 0.3 is 0 Å². The number of rotatable bonds is 6. The van der Waals surface area contributed by atoms with E-state index in [1.54, 1.807) is 10.9 Å². The van der Waals surface area contributed by atoms with Gasteiger partial charge in [-0.3, -0.25) is 0 Å². The number of benzene rings is 1. The zero-order valence-corrected chi connectivity index (χ0v) is 12.6. The molecule has 0 fully saturated rings. The summed E-state index contributed by atoms with van der Waals surface area (Å²) in [6.07, 6.45) is 1.64. The fourth-order valence-corrected chi connectivity index (χ4v) is 2.30. The fourth-order valence-electron chi connectivity index (χ4n) is 2.18. The number of aromatic nitrogens is 2. The third-order valence-corrected chi connectivity index (χ3v) is 3.51. The number of nitrogens with one attached hydrogen (secondary N) is 1. The van der Waals surface area contributed by atoms with Gasteiger partial charge in [0, 0.05) is 16.7 Å². The number of aliphatic hydroxyl groups is 1. The molecule has 0 bridgehead atoms. The number of anilines is 1. The quantitative estimate of drug-likeness (QED) is 0.731. The minimum absolute atomic E-state index is 0.0250. The SMILES string of the molecule is OCCn1nc(-c2ccc(Cl)cc2)cc1NCc1ccco1. The van der Waals surface area contributed by atoms with Crippen LogP contribution >= 0.6 is 11.6 Å². The summed E-state index contributed by atoms with van der Waals surface area (Å²) < 4.78 is 7.05. The van der Waals surface area contributed by atoms with Crippen LogP contribution in [0.1, 0.15) is 5.76 Å². The van der Waals surface area contributed by atoms with Crippen LogP contribution in [0.25, 0.3) is 11.3 Å². The van der Waals surface area contributed by atoms with Crippen molar-refractivity contribution in [2.24, 2.45) is 0 Å². The van der Waals surface area contributed by atoms with Gasteiger partial charge in [-0.1, -0.05) is 23.7 Å². The molecule has 2 heterocycles. The van der Waals surface area contributed by atoms with E-state index in [2.05, 4.69) is 10.4 Å². The maximum absolute atomic E-state index is 9.19. The maximum atomic E-state index is 9.19. The first-order chi connectivity index (χ1) is 10.8. The molecule has 0 saturated heterocycles. The van der Waals surface area contributed by atoms with Gasteiger partial charge in [-0.15, -0.1) is 0 Å². The summed E-state index contributed by atoms with van der Waals surface area (Å²) in [6.45, 7) is 1.01. The van der Waals surface area contributed by atoms with Crippen LogP contribution in [0.3, 0.4) is 0 Å². The molecule has 2 N–H and O–H groups in total. The van der Waals surface area contributed by atoms with Crippen molar-refractivity contribution in [3.05, 3.63) is 59.5 Å². The highest BCUT2D eigenvalue weighted by molar-refractivity contribution is 6.30. The van der Waals surface area contributed by atoms with Gasteiger partial charge in [0.15, 0.2) is 0 Å². The number of halogens is 1. The smallest absolute Gasteiger partial charge is 0.125 e. The summed E-state index contributed by atoms with van der Waals surface area (Å²) in [6, 6.07) is 13.2. The van der Waals surface area contributed by atoms with E-state index in [0.717, 1.165) is 22.8 Å². The van der Waals surface area contributed by atoms with Crippen LogP contribution in [0.2, 0.25) is 5.02 Å². The standard InChI is InChI=1S/C16H16ClN3O2/c17-13-5-3-12(4-6-13)15-10-16(20(19-15)7-8-21)18-11-14-2-1-9-22-14/h1-6,9-10,18,21H,7-8,11H2. The van der Waals surface area contributed by atoms with Crippen LogP contribution in [-0.4, -0.2) is 21.5 Å². The molecule has 0 unspecified atom stereocenters. The molecule has 0 aliphatic carbocycles. The van der Waals surface area contributed by atoms with E-state index in [1.807, 2.05) is 42.5 Å². The first-order valence-electron chi connectivity index (χ1n) is 6.97. The van der Waals surface area contributed by atoms with Gasteiger partial charge in [0.2, 0.25) is 0 Å². The Kier molecular flexibility index (Phi) is 4.46. The molecule has 22 heavy (non-hydrogen) atoms. The molecule has 5 nitrogen and oxygen atoms in total. The van der Waals surface area contributed by atoms with Gasteiger partial charge in [-0.05, 0) is 24.3 Å². The lowest BCUT2D eigenvalue weighted by Gasteiger charge is -2.06. The summed E-state index contributed by atoms with van der Waals surface area (Å²) in [5.41, 5.74) is 1.80. The van der Waals surface area contributed by atoms with E-state index >= 15 is 0 Å². The fraction of sp³-hybridized carbons (Fsp3) is 0.188. The van der Waals surface area contributed by atoms with Gasteiger partial charge in [-0.2, -0.15) is 5.10 Å². The lowest BCUT2D eigenvalue weighted by atomic mass is 10.1.